The fraction of sp³-hybridized carbons (Fsp3) is 0.237. The quantitative estimate of drug-likeness (QED) is 0.160. The van der Waals surface area contributed by atoms with Gasteiger partial charge >= 0.3 is 13.7 Å². The highest BCUT2D eigenvalue weighted by atomic mass is 15.2. The van der Waals surface area contributed by atoms with Crippen molar-refractivity contribution in [2.24, 2.45) is 0 Å². The first-order valence-corrected chi connectivity index (χ1v) is 29.9. The lowest BCUT2D eigenvalue weighted by atomic mass is 9.44. The van der Waals surface area contributed by atoms with Crippen LogP contribution in [0.4, 0.5) is 34.1 Å². The molecule has 0 aliphatic carbocycles. The topological polar surface area (TPSA) is 16.3 Å². The van der Waals surface area contributed by atoms with Gasteiger partial charge < -0.3 is 18.8 Å². The molecule has 4 aliphatic heterocycles. The Balaban J connectivity index is 1.04. The monoisotopic (exact) mass is 1060 g/mol. The van der Waals surface area contributed by atoms with Crippen molar-refractivity contribution < 1.29 is 0 Å². The summed E-state index contributed by atoms with van der Waals surface area (Å²) in [4.78, 5) is 5.33. The van der Waals surface area contributed by atoms with Crippen LogP contribution in [0, 0.1) is 13.8 Å². The number of fused-ring (bicyclic) bond motifs is 17. The molecule has 2 aromatic heterocycles. The summed E-state index contributed by atoms with van der Waals surface area (Å²) in [6.45, 7) is 32.8. The molecule has 0 bridgehead atoms. The molecule has 6 heteroatoms. The van der Waals surface area contributed by atoms with Gasteiger partial charge in [-0.15, -0.1) is 0 Å². The highest BCUT2D eigenvalue weighted by molar-refractivity contribution is 6.92. The molecule has 0 spiro atoms. The van der Waals surface area contributed by atoms with E-state index >= 15 is 0 Å². The standard InChI is InChI=1S/C76H70B2N4/c1-43-29-35-61-65-63(43)55-25-19-27-57-67(55)81(77(65)59-33-31-45-21-15-17-23-53(45)69(59)79(61)51-39-47(73(3,4)5)37-48(40-51)74(6,7)8)72-58-28-20-26-56-64-44(2)30-36-62-66(64)78(82(68(56)58)71(57)72)60-34-32-46-22-16-18-24-54(46)70(60)80(62)52-41-49(75(9,10)11)38-50(42-52)76(12,13)14/h15-42H,1-14H3. The molecule has 4 aliphatic rings. The number of aromatic nitrogens is 2. The third-order valence-corrected chi connectivity index (χ3v) is 19.4. The Morgan fingerprint density at radius 2 is 0.683 bits per heavy atom. The molecule has 6 heterocycles. The number of nitrogens with zero attached hydrogens (tertiary/aromatic N) is 4. The fourth-order valence-electron chi connectivity index (χ4n) is 15.3. The van der Waals surface area contributed by atoms with Gasteiger partial charge in [0.25, 0.3) is 0 Å². The van der Waals surface area contributed by atoms with Gasteiger partial charge in [-0.2, -0.15) is 0 Å². The maximum Gasteiger partial charge on any atom is 0.333 e. The highest BCUT2D eigenvalue weighted by Gasteiger charge is 2.49. The number of benzene rings is 10. The normalized spacial score (nSPS) is 14.4. The van der Waals surface area contributed by atoms with Gasteiger partial charge in [-0.05, 0) is 149 Å². The number of aryl methyl sites for hydroxylation is 2. The van der Waals surface area contributed by atoms with Crippen molar-refractivity contribution in [3.8, 4) is 22.3 Å². The maximum atomic E-state index is 2.83. The second-order valence-electron chi connectivity index (χ2n) is 28.7. The molecule has 0 saturated heterocycles. The molecule has 0 radical (unpaired) electrons. The summed E-state index contributed by atoms with van der Waals surface area (Å²) in [5.74, 6) is 0. The molecule has 0 atom stereocenters. The van der Waals surface area contributed by atoms with Crippen molar-refractivity contribution in [3.05, 3.63) is 203 Å². The van der Waals surface area contributed by atoms with Crippen LogP contribution in [0.5, 0.6) is 0 Å². The zero-order valence-electron chi connectivity index (χ0n) is 50.1. The van der Waals surface area contributed by atoms with Crippen LogP contribution in [0.3, 0.4) is 0 Å². The second-order valence-corrected chi connectivity index (χ2v) is 28.7. The highest BCUT2D eigenvalue weighted by Crippen LogP contribution is 2.54. The minimum Gasteiger partial charge on any atom is -0.374 e. The van der Waals surface area contributed by atoms with Gasteiger partial charge in [0, 0.05) is 66.5 Å². The number of para-hydroxylation sites is 2. The van der Waals surface area contributed by atoms with Crippen molar-refractivity contribution in [3.63, 3.8) is 0 Å². The SMILES string of the molecule is Cc1ccc2c3c1-c1cccc4c1n(c1c5cccc6c5n(c41)B1c4ccc5ccccc5c4N(c4cc(C(C)(C)C)cc(C(C)(C)C)c4)c4ccc(C)c-6c41)B3c1ccc3ccccc3c1N2c1cc(C(C)(C)C)cc(C(C)(C)C)c1. The molecule has 0 amide bonds. The van der Waals surface area contributed by atoms with Crippen LogP contribution in [-0.4, -0.2) is 22.7 Å². The van der Waals surface area contributed by atoms with Crippen LogP contribution in [0.2, 0.25) is 0 Å². The third kappa shape index (κ3) is 6.58. The largest absolute Gasteiger partial charge is 0.374 e. The lowest BCUT2D eigenvalue weighted by Crippen LogP contribution is -2.57. The minimum absolute atomic E-state index is 0.0585. The molecule has 10 aromatic carbocycles. The zero-order valence-corrected chi connectivity index (χ0v) is 50.1. The summed E-state index contributed by atoms with van der Waals surface area (Å²) < 4.78 is 5.66. The van der Waals surface area contributed by atoms with E-state index in [1.54, 1.807) is 0 Å². The van der Waals surface area contributed by atoms with E-state index in [0.29, 0.717) is 0 Å². The molecule has 0 saturated carbocycles. The van der Waals surface area contributed by atoms with E-state index in [-0.39, 0.29) is 35.4 Å². The minimum atomic E-state index is -0.114. The second kappa shape index (κ2) is 16.3. The Labute approximate surface area is 484 Å². The summed E-state index contributed by atoms with van der Waals surface area (Å²) in [6, 6.07) is 67.0. The molecular weight excluding hydrogens is 990 g/mol. The number of anilines is 6. The summed E-state index contributed by atoms with van der Waals surface area (Å²) in [5.41, 5.74) is 31.3. The van der Waals surface area contributed by atoms with E-state index in [2.05, 4.69) is 286 Å². The van der Waals surface area contributed by atoms with E-state index in [1.165, 1.54) is 166 Å². The van der Waals surface area contributed by atoms with Crippen LogP contribution in [0.15, 0.2) is 170 Å². The van der Waals surface area contributed by atoms with Crippen LogP contribution >= 0.6 is 0 Å². The zero-order chi connectivity index (χ0) is 56.6. The predicted octanol–water partition coefficient (Wildman–Crippen LogP) is 17.7. The Kier molecular flexibility index (Phi) is 9.85. The molecule has 0 unspecified atom stereocenters. The Hall–Kier alpha value is -8.21. The van der Waals surface area contributed by atoms with Gasteiger partial charge in [-0.1, -0.05) is 217 Å². The van der Waals surface area contributed by atoms with Crippen molar-refractivity contribution in [1.82, 2.24) is 8.96 Å². The van der Waals surface area contributed by atoms with E-state index < -0.39 is 0 Å². The van der Waals surface area contributed by atoms with Crippen molar-refractivity contribution in [1.29, 1.82) is 0 Å². The molecule has 82 heavy (non-hydrogen) atoms. The van der Waals surface area contributed by atoms with Gasteiger partial charge in [0.15, 0.2) is 0 Å². The molecule has 4 nitrogen and oxygen atoms in total. The number of hydrogen-bond donors (Lipinski definition) is 0. The van der Waals surface area contributed by atoms with E-state index in [0.717, 1.165) is 0 Å². The van der Waals surface area contributed by atoms with Crippen LogP contribution in [-0.2, 0) is 21.7 Å². The average molecular weight is 1060 g/mol. The van der Waals surface area contributed by atoms with Crippen LogP contribution in [0.25, 0.3) is 76.6 Å². The Morgan fingerprint density at radius 3 is 1.05 bits per heavy atom. The van der Waals surface area contributed by atoms with Crippen molar-refractivity contribution >= 4 is 124 Å². The maximum absolute atomic E-state index is 2.83. The summed E-state index contributed by atoms with van der Waals surface area (Å²) >= 11 is 0. The summed E-state index contributed by atoms with van der Waals surface area (Å²) in [7, 11) is 0. The Bertz CT molecular complexity index is 4470. The van der Waals surface area contributed by atoms with E-state index in [9.17, 15) is 0 Å². The van der Waals surface area contributed by atoms with Gasteiger partial charge in [0.2, 0.25) is 0 Å². The molecule has 400 valence electrons. The third-order valence-electron chi connectivity index (χ3n) is 19.4. The average Bonchev–Trinajstić information content (AvgIpc) is 1.62. The van der Waals surface area contributed by atoms with Gasteiger partial charge in [0.1, 0.15) is 0 Å². The van der Waals surface area contributed by atoms with Crippen LogP contribution < -0.4 is 31.7 Å². The predicted molar refractivity (Wildman–Crippen MR) is 355 cm³/mol. The number of hydrogen-bond acceptors (Lipinski definition) is 2. The number of rotatable bonds is 2. The van der Waals surface area contributed by atoms with Gasteiger partial charge in [-0.3, -0.25) is 0 Å². The molecule has 0 fully saturated rings. The lowest BCUT2D eigenvalue weighted by molar-refractivity contribution is 0.568. The first kappa shape index (κ1) is 49.6. The van der Waals surface area contributed by atoms with Gasteiger partial charge in [-0.25, -0.2) is 0 Å². The first-order chi connectivity index (χ1) is 39.1. The van der Waals surface area contributed by atoms with Gasteiger partial charge in [0.05, 0.1) is 22.4 Å². The van der Waals surface area contributed by atoms with Crippen LogP contribution in [0.1, 0.15) is 116 Å². The molecule has 0 N–H and O–H groups in total. The van der Waals surface area contributed by atoms with E-state index in [1.807, 2.05) is 0 Å². The summed E-state index contributed by atoms with van der Waals surface area (Å²) in [5, 5.41) is 7.64. The smallest absolute Gasteiger partial charge is 0.333 e. The molecule has 16 rings (SSSR count). The summed E-state index contributed by atoms with van der Waals surface area (Å²) in [6.07, 6.45) is 0. The fourth-order valence-corrected chi connectivity index (χ4v) is 15.3. The lowest BCUT2D eigenvalue weighted by Gasteiger charge is -2.42. The molecular formula is C76H70B2N4. The van der Waals surface area contributed by atoms with Crippen molar-refractivity contribution in [2.75, 3.05) is 9.80 Å². The van der Waals surface area contributed by atoms with Crippen molar-refractivity contribution in [2.45, 2.75) is 119 Å². The molecule has 12 aromatic rings. The first-order valence-electron chi connectivity index (χ1n) is 29.9. The van der Waals surface area contributed by atoms with E-state index in [4.69, 9.17) is 0 Å². The Morgan fingerprint density at radius 1 is 0.329 bits per heavy atom.